The molecule has 2 N–H and O–H groups in total. The first-order valence-electron chi connectivity index (χ1n) is 11.9. The number of thiazole rings is 1. The molecule has 0 aliphatic carbocycles. The molecule has 0 aliphatic rings. The Bertz CT molecular complexity index is 1510. The number of nitrogens with zero attached hydrogens (tertiary/aromatic N) is 1. The van der Waals surface area contributed by atoms with Gasteiger partial charge in [0.05, 0.1) is 11.3 Å². The second kappa shape index (κ2) is 12.4. The first-order valence-corrected chi connectivity index (χ1v) is 13.6. The summed E-state index contributed by atoms with van der Waals surface area (Å²) in [6, 6.07) is 33.2. The lowest BCUT2D eigenvalue weighted by molar-refractivity contribution is 0.0958. The van der Waals surface area contributed by atoms with Crippen molar-refractivity contribution < 1.29 is 14.3 Å². The summed E-state index contributed by atoms with van der Waals surface area (Å²) in [5, 5.41) is 2.44. The fraction of sp³-hybridized carbons (Fsp3) is 0.0667. The largest absolute Gasteiger partial charge is 0.489 e. The van der Waals surface area contributed by atoms with Crippen LogP contribution in [0.15, 0.2) is 113 Å². The van der Waals surface area contributed by atoms with Crippen LogP contribution in [0.2, 0.25) is 0 Å². The number of aromatic nitrogens is 1. The molecule has 0 atom stereocenters. The van der Waals surface area contributed by atoms with Crippen LogP contribution < -0.4 is 20.3 Å². The molecule has 6 nitrogen and oxygen atoms in total. The van der Waals surface area contributed by atoms with Crippen LogP contribution in [-0.4, -0.2) is 10.9 Å². The Kier molecular flexibility index (Phi) is 8.32. The molecule has 8 heteroatoms. The van der Waals surface area contributed by atoms with Gasteiger partial charge in [0, 0.05) is 9.85 Å². The predicted molar refractivity (Wildman–Crippen MR) is 154 cm³/mol. The molecule has 0 saturated heterocycles. The number of benzene rings is 4. The predicted octanol–water partition coefficient (Wildman–Crippen LogP) is 7.49. The molecule has 0 radical (unpaired) electrons. The third-order valence-electron chi connectivity index (χ3n) is 5.59. The van der Waals surface area contributed by atoms with E-state index in [9.17, 15) is 4.79 Å². The molecule has 4 aromatic carbocycles. The van der Waals surface area contributed by atoms with Crippen LogP contribution in [0.3, 0.4) is 0 Å². The molecule has 5 aromatic rings. The minimum absolute atomic E-state index is 0.314. The zero-order chi connectivity index (χ0) is 26.2. The topological polar surface area (TPSA) is 72.5 Å². The molecule has 1 heterocycles. The minimum atomic E-state index is -0.341. The summed E-state index contributed by atoms with van der Waals surface area (Å²) in [4.78, 5) is 17.3. The van der Waals surface area contributed by atoms with Gasteiger partial charge in [-0.05, 0) is 57.4 Å². The van der Waals surface area contributed by atoms with Gasteiger partial charge in [0.1, 0.15) is 35.4 Å². The molecule has 0 spiro atoms. The number of amides is 1. The molecule has 5 rings (SSSR count). The van der Waals surface area contributed by atoms with Crippen LogP contribution in [0.1, 0.15) is 21.6 Å². The quantitative estimate of drug-likeness (QED) is 0.166. The maximum atomic E-state index is 12.8. The third kappa shape index (κ3) is 6.59. The van der Waals surface area contributed by atoms with E-state index < -0.39 is 0 Å². The summed E-state index contributed by atoms with van der Waals surface area (Å²) < 4.78 is 12.7. The summed E-state index contributed by atoms with van der Waals surface area (Å²) >= 11 is 4.92. The Morgan fingerprint density at radius 2 is 1.47 bits per heavy atom. The van der Waals surface area contributed by atoms with Gasteiger partial charge in [0.2, 0.25) is 0 Å². The lowest BCUT2D eigenvalue weighted by atomic mass is 10.2. The van der Waals surface area contributed by atoms with Crippen LogP contribution in [-0.2, 0) is 13.2 Å². The average Bonchev–Trinajstić information content (AvgIpc) is 3.46. The molecule has 0 fully saturated rings. The highest BCUT2D eigenvalue weighted by Crippen LogP contribution is 2.33. The number of nitrogens with one attached hydrogen (secondary N) is 2. The van der Waals surface area contributed by atoms with Crippen molar-refractivity contribution in [1.29, 1.82) is 0 Å². The standard InChI is InChI=1S/C30H24BrN3O3S/c31-25-17-23(36-18-21-9-3-1-4-10-21)15-16-26(25)33-34-29(35)27-20-38-30(32-27)24-13-7-8-14-28(24)37-19-22-11-5-2-6-12-22/h1-17,20,33H,18-19H2,(H,34,35). The van der Waals surface area contributed by atoms with Gasteiger partial charge >= 0.3 is 0 Å². The number of para-hydroxylation sites is 1. The van der Waals surface area contributed by atoms with E-state index in [1.54, 1.807) is 5.38 Å². The smallest absolute Gasteiger partial charge is 0.289 e. The van der Waals surface area contributed by atoms with E-state index in [-0.39, 0.29) is 5.91 Å². The Balaban J connectivity index is 1.19. The molecule has 38 heavy (non-hydrogen) atoms. The van der Waals surface area contributed by atoms with E-state index in [4.69, 9.17) is 9.47 Å². The lowest BCUT2D eigenvalue weighted by Crippen LogP contribution is -2.29. The fourth-order valence-corrected chi connectivity index (χ4v) is 4.91. The molecule has 1 amide bonds. The number of hydrazine groups is 1. The number of carbonyl (C=O) groups is 1. The molecular weight excluding hydrogens is 562 g/mol. The number of rotatable bonds is 10. The van der Waals surface area contributed by atoms with Gasteiger partial charge in [0.25, 0.3) is 5.91 Å². The van der Waals surface area contributed by atoms with Crippen molar-refractivity contribution in [3.8, 4) is 22.1 Å². The van der Waals surface area contributed by atoms with Gasteiger partial charge in [0.15, 0.2) is 0 Å². The summed E-state index contributed by atoms with van der Waals surface area (Å²) in [5.41, 5.74) is 9.68. The monoisotopic (exact) mass is 585 g/mol. The van der Waals surface area contributed by atoms with Crippen molar-refractivity contribution in [1.82, 2.24) is 10.4 Å². The first kappa shape index (κ1) is 25.5. The van der Waals surface area contributed by atoms with Crippen molar-refractivity contribution in [3.63, 3.8) is 0 Å². The van der Waals surface area contributed by atoms with Gasteiger partial charge in [-0.2, -0.15) is 0 Å². The van der Waals surface area contributed by atoms with Gasteiger partial charge < -0.3 is 9.47 Å². The first-order chi connectivity index (χ1) is 18.7. The zero-order valence-corrected chi connectivity index (χ0v) is 22.7. The highest BCUT2D eigenvalue weighted by Gasteiger charge is 2.15. The summed E-state index contributed by atoms with van der Waals surface area (Å²) in [5.74, 6) is 1.09. The molecule has 0 saturated carbocycles. The third-order valence-corrected chi connectivity index (χ3v) is 7.12. The minimum Gasteiger partial charge on any atom is -0.489 e. The van der Waals surface area contributed by atoms with Gasteiger partial charge in [-0.3, -0.25) is 15.6 Å². The van der Waals surface area contributed by atoms with Crippen LogP contribution >= 0.6 is 27.3 Å². The second-order valence-electron chi connectivity index (χ2n) is 8.30. The summed E-state index contributed by atoms with van der Waals surface area (Å²) in [6.45, 7) is 0.925. The van der Waals surface area contributed by atoms with E-state index in [0.29, 0.717) is 35.4 Å². The number of ether oxygens (including phenoxy) is 2. The highest BCUT2D eigenvalue weighted by molar-refractivity contribution is 9.10. The van der Waals surface area contributed by atoms with Gasteiger partial charge in [-0.25, -0.2) is 4.98 Å². The average molecular weight is 587 g/mol. The molecule has 1 aromatic heterocycles. The van der Waals surface area contributed by atoms with E-state index in [0.717, 1.165) is 26.9 Å². The number of hydrogen-bond acceptors (Lipinski definition) is 6. The number of anilines is 1. The number of hydrogen-bond donors (Lipinski definition) is 2. The normalized spacial score (nSPS) is 10.6. The van der Waals surface area contributed by atoms with Gasteiger partial charge in [-0.1, -0.05) is 72.8 Å². The maximum Gasteiger partial charge on any atom is 0.289 e. The molecular formula is C30H24BrN3O3S. The number of carbonyl (C=O) groups excluding carboxylic acids is 1. The van der Waals surface area contributed by atoms with Crippen LogP contribution in [0.25, 0.3) is 10.6 Å². The molecule has 190 valence electrons. The van der Waals surface area contributed by atoms with Crippen molar-refractivity contribution in [2.24, 2.45) is 0 Å². The maximum absolute atomic E-state index is 12.8. The molecule has 0 bridgehead atoms. The van der Waals surface area contributed by atoms with E-state index >= 15 is 0 Å². The van der Waals surface area contributed by atoms with Crippen LogP contribution in [0, 0.1) is 0 Å². The van der Waals surface area contributed by atoms with Gasteiger partial charge in [-0.15, -0.1) is 11.3 Å². The Hall–Kier alpha value is -4.14. The van der Waals surface area contributed by atoms with Crippen molar-refractivity contribution in [2.75, 3.05) is 5.43 Å². The Morgan fingerprint density at radius 1 is 0.816 bits per heavy atom. The molecule has 0 unspecified atom stereocenters. The molecule has 0 aliphatic heterocycles. The zero-order valence-electron chi connectivity index (χ0n) is 20.3. The second-order valence-corrected chi connectivity index (χ2v) is 10.0. The van der Waals surface area contributed by atoms with Crippen molar-refractivity contribution in [3.05, 3.63) is 130 Å². The van der Waals surface area contributed by atoms with Crippen molar-refractivity contribution >= 4 is 38.9 Å². The van der Waals surface area contributed by atoms with Crippen molar-refractivity contribution in [2.45, 2.75) is 13.2 Å². The van der Waals surface area contributed by atoms with E-state index in [2.05, 4.69) is 31.8 Å². The Labute approximate surface area is 233 Å². The lowest BCUT2D eigenvalue weighted by Gasteiger charge is -2.12. The highest BCUT2D eigenvalue weighted by atomic mass is 79.9. The van der Waals surface area contributed by atoms with Crippen LogP contribution in [0.4, 0.5) is 5.69 Å². The number of halogens is 1. The Morgan fingerprint density at radius 3 is 2.18 bits per heavy atom. The van der Waals surface area contributed by atoms with E-state index in [1.165, 1.54) is 11.3 Å². The SMILES string of the molecule is O=C(NNc1ccc(OCc2ccccc2)cc1Br)c1csc(-c2ccccc2OCc2ccccc2)n1. The van der Waals surface area contributed by atoms with E-state index in [1.807, 2.05) is 103 Å². The summed E-state index contributed by atoms with van der Waals surface area (Å²) in [7, 11) is 0. The summed E-state index contributed by atoms with van der Waals surface area (Å²) in [6.07, 6.45) is 0. The van der Waals surface area contributed by atoms with Crippen LogP contribution in [0.5, 0.6) is 11.5 Å². The fourth-order valence-electron chi connectivity index (χ4n) is 3.62.